The summed E-state index contributed by atoms with van der Waals surface area (Å²) < 4.78 is 48.5. The van der Waals surface area contributed by atoms with E-state index in [0.717, 1.165) is 0 Å². The van der Waals surface area contributed by atoms with E-state index in [9.17, 15) is 17.6 Å². The summed E-state index contributed by atoms with van der Waals surface area (Å²) in [6, 6.07) is 0.282. The average molecular weight is 180 g/mol. The third-order valence-electron chi connectivity index (χ3n) is 1.19. The molecule has 1 rings (SSSR count). The highest BCUT2D eigenvalue weighted by Crippen LogP contribution is 2.22. The van der Waals surface area contributed by atoms with Crippen molar-refractivity contribution in [1.82, 2.24) is 4.98 Å². The van der Waals surface area contributed by atoms with Crippen LogP contribution < -0.4 is 5.73 Å². The van der Waals surface area contributed by atoms with Crippen LogP contribution in [0.15, 0.2) is 6.07 Å². The van der Waals surface area contributed by atoms with E-state index >= 15 is 0 Å². The van der Waals surface area contributed by atoms with Gasteiger partial charge in [-0.25, -0.2) is 22.5 Å². The number of nitrogen functional groups attached to an aromatic ring is 1. The third-order valence-corrected chi connectivity index (χ3v) is 1.19. The summed E-state index contributed by atoms with van der Waals surface area (Å²) in [5.74, 6) is -3.26. The van der Waals surface area contributed by atoms with Gasteiger partial charge in [0.05, 0.1) is 0 Å². The number of anilines is 1. The van der Waals surface area contributed by atoms with E-state index in [1.54, 1.807) is 0 Å². The van der Waals surface area contributed by atoms with Crippen molar-refractivity contribution in [2.75, 3.05) is 5.73 Å². The first-order valence-corrected chi connectivity index (χ1v) is 2.92. The van der Waals surface area contributed by atoms with Crippen LogP contribution in [-0.4, -0.2) is 4.98 Å². The summed E-state index contributed by atoms with van der Waals surface area (Å²) in [6.07, 6.45) is -3.09. The Morgan fingerprint density at radius 1 is 1.25 bits per heavy atom. The molecule has 2 nitrogen and oxygen atoms in total. The maximum Gasteiger partial charge on any atom is 0.283 e. The Morgan fingerprint density at radius 2 is 1.83 bits per heavy atom. The lowest BCUT2D eigenvalue weighted by Crippen LogP contribution is -2.02. The van der Waals surface area contributed by atoms with Crippen molar-refractivity contribution in [3.05, 3.63) is 23.4 Å². The van der Waals surface area contributed by atoms with Crippen molar-refractivity contribution in [2.45, 2.75) is 6.43 Å². The van der Waals surface area contributed by atoms with Crippen molar-refractivity contribution in [1.29, 1.82) is 0 Å². The van der Waals surface area contributed by atoms with Crippen LogP contribution in [0.4, 0.5) is 23.4 Å². The summed E-state index contributed by atoms with van der Waals surface area (Å²) >= 11 is 0. The highest BCUT2D eigenvalue weighted by atomic mass is 19.3. The second kappa shape index (κ2) is 2.96. The Bertz CT molecular complexity index is 300. The maximum absolute atomic E-state index is 12.4. The minimum absolute atomic E-state index is 0.282. The molecule has 66 valence electrons. The van der Waals surface area contributed by atoms with Gasteiger partial charge in [0.15, 0.2) is 17.5 Å². The standard InChI is InChI=1S/C6H4F4N2/c7-2-1-3(8)6(11)12-4(2)5(9)10/h1,5H,(H2,11,12). The molecule has 12 heavy (non-hydrogen) atoms. The summed E-state index contributed by atoms with van der Waals surface area (Å²) in [4.78, 5) is 2.85. The number of pyridine rings is 1. The predicted molar refractivity (Wildman–Crippen MR) is 33.5 cm³/mol. The van der Waals surface area contributed by atoms with Gasteiger partial charge in [-0.2, -0.15) is 0 Å². The molecule has 0 spiro atoms. The minimum atomic E-state index is -3.09. The van der Waals surface area contributed by atoms with E-state index in [1.165, 1.54) is 0 Å². The van der Waals surface area contributed by atoms with Crippen LogP contribution in [-0.2, 0) is 0 Å². The van der Waals surface area contributed by atoms with Crippen LogP contribution in [0.25, 0.3) is 0 Å². The van der Waals surface area contributed by atoms with Crippen molar-refractivity contribution in [2.24, 2.45) is 0 Å². The molecule has 0 aliphatic heterocycles. The molecule has 2 N–H and O–H groups in total. The smallest absolute Gasteiger partial charge is 0.283 e. The van der Waals surface area contributed by atoms with Gasteiger partial charge in [-0.3, -0.25) is 0 Å². The SMILES string of the molecule is Nc1nc(C(F)F)c(F)cc1F. The molecule has 0 aromatic carbocycles. The molecule has 6 heteroatoms. The number of nitrogens with zero attached hydrogens (tertiary/aromatic N) is 1. The lowest BCUT2D eigenvalue weighted by molar-refractivity contribution is 0.140. The van der Waals surface area contributed by atoms with Gasteiger partial charge in [-0.05, 0) is 0 Å². The molecule has 0 bridgehead atoms. The Morgan fingerprint density at radius 3 is 2.33 bits per heavy atom. The molecule has 0 unspecified atom stereocenters. The van der Waals surface area contributed by atoms with Gasteiger partial charge in [0.1, 0.15) is 5.69 Å². The predicted octanol–water partition coefficient (Wildman–Crippen LogP) is 1.88. The van der Waals surface area contributed by atoms with Crippen LogP contribution in [0.2, 0.25) is 0 Å². The largest absolute Gasteiger partial charge is 0.381 e. The van der Waals surface area contributed by atoms with E-state index in [1.807, 2.05) is 0 Å². The van der Waals surface area contributed by atoms with Gasteiger partial charge in [0.25, 0.3) is 6.43 Å². The summed E-state index contributed by atoms with van der Waals surface area (Å²) in [5, 5.41) is 0. The zero-order chi connectivity index (χ0) is 9.30. The van der Waals surface area contributed by atoms with Crippen LogP contribution in [0.5, 0.6) is 0 Å². The van der Waals surface area contributed by atoms with Crippen molar-refractivity contribution in [3.8, 4) is 0 Å². The molecule has 1 aromatic heterocycles. The summed E-state index contributed by atoms with van der Waals surface area (Å²) in [5.41, 5.74) is 3.71. The van der Waals surface area contributed by atoms with Crippen LogP contribution in [0, 0.1) is 11.6 Å². The lowest BCUT2D eigenvalue weighted by Gasteiger charge is -2.02. The topological polar surface area (TPSA) is 38.9 Å². The fourth-order valence-electron chi connectivity index (χ4n) is 0.649. The maximum atomic E-state index is 12.4. The van der Waals surface area contributed by atoms with Crippen molar-refractivity contribution < 1.29 is 17.6 Å². The Labute approximate surface area is 65.0 Å². The van der Waals surface area contributed by atoms with E-state index in [0.29, 0.717) is 0 Å². The van der Waals surface area contributed by atoms with Crippen LogP contribution >= 0.6 is 0 Å². The first kappa shape index (κ1) is 8.76. The monoisotopic (exact) mass is 180 g/mol. The number of hydrogen-bond acceptors (Lipinski definition) is 2. The zero-order valence-corrected chi connectivity index (χ0v) is 5.69. The second-order valence-electron chi connectivity index (χ2n) is 2.02. The lowest BCUT2D eigenvalue weighted by atomic mass is 10.3. The zero-order valence-electron chi connectivity index (χ0n) is 5.69. The number of alkyl halides is 2. The molecule has 1 heterocycles. The van der Waals surface area contributed by atoms with Gasteiger partial charge in [-0.1, -0.05) is 0 Å². The second-order valence-corrected chi connectivity index (χ2v) is 2.02. The van der Waals surface area contributed by atoms with E-state index in [4.69, 9.17) is 5.73 Å². The number of aromatic nitrogens is 1. The van der Waals surface area contributed by atoms with Gasteiger partial charge in [0.2, 0.25) is 0 Å². The first-order valence-electron chi connectivity index (χ1n) is 2.92. The molecule has 0 atom stereocenters. The molecule has 0 fully saturated rings. The molecule has 0 saturated carbocycles. The van der Waals surface area contributed by atoms with Crippen LogP contribution in [0.3, 0.4) is 0 Å². The van der Waals surface area contributed by atoms with Crippen molar-refractivity contribution in [3.63, 3.8) is 0 Å². The average Bonchev–Trinajstić information content (AvgIpc) is 1.96. The summed E-state index contributed by atoms with van der Waals surface area (Å²) in [7, 11) is 0. The molecule has 0 aliphatic rings. The van der Waals surface area contributed by atoms with Crippen LogP contribution in [0.1, 0.15) is 12.1 Å². The minimum Gasteiger partial charge on any atom is -0.381 e. The van der Waals surface area contributed by atoms with Gasteiger partial charge < -0.3 is 5.73 Å². The quantitative estimate of drug-likeness (QED) is 0.670. The number of hydrogen-bond donors (Lipinski definition) is 1. The Balaban J connectivity index is 3.23. The molecular weight excluding hydrogens is 176 g/mol. The highest BCUT2D eigenvalue weighted by Gasteiger charge is 2.17. The summed E-state index contributed by atoms with van der Waals surface area (Å²) in [6.45, 7) is 0. The van der Waals surface area contributed by atoms with E-state index < -0.39 is 29.6 Å². The molecular formula is C6H4F4N2. The number of halogens is 4. The Kier molecular flexibility index (Phi) is 2.16. The number of rotatable bonds is 1. The van der Waals surface area contributed by atoms with E-state index in [2.05, 4.69) is 4.98 Å². The molecule has 0 amide bonds. The van der Waals surface area contributed by atoms with Gasteiger partial charge in [0, 0.05) is 6.07 Å². The molecule has 1 aromatic rings. The molecule has 0 aliphatic carbocycles. The fraction of sp³-hybridized carbons (Fsp3) is 0.167. The molecule has 0 saturated heterocycles. The fourth-order valence-corrected chi connectivity index (χ4v) is 0.649. The van der Waals surface area contributed by atoms with Crippen molar-refractivity contribution >= 4 is 5.82 Å². The highest BCUT2D eigenvalue weighted by molar-refractivity contribution is 5.32. The van der Waals surface area contributed by atoms with E-state index in [-0.39, 0.29) is 6.07 Å². The molecule has 0 radical (unpaired) electrons. The normalized spacial score (nSPS) is 10.8. The third kappa shape index (κ3) is 1.46. The van der Waals surface area contributed by atoms with Gasteiger partial charge in [-0.15, -0.1) is 0 Å². The first-order chi connectivity index (χ1) is 5.52. The number of nitrogens with two attached hydrogens (primary N) is 1. The van der Waals surface area contributed by atoms with Gasteiger partial charge >= 0.3 is 0 Å². The Hall–Kier alpha value is -1.33.